The number of anilines is 1. The van der Waals surface area contributed by atoms with E-state index >= 15 is 0 Å². The SMILES string of the molecule is CCOC(=O)c1ccc(NC2CCNC2)c([N+](=O)[O-])c1. The fraction of sp³-hybridized carbons (Fsp3) is 0.462. The number of nitro groups is 1. The van der Waals surface area contributed by atoms with Gasteiger partial charge in [-0.2, -0.15) is 0 Å². The third-order valence-electron chi connectivity index (χ3n) is 3.13. The van der Waals surface area contributed by atoms with Crippen LogP contribution in [0.1, 0.15) is 23.7 Å². The van der Waals surface area contributed by atoms with Crippen molar-refractivity contribution in [3.05, 3.63) is 33.9 Å². The Morgan fingerprint density at radius 3 is 3.00 bits per heavy atom. The number of esters is 1. The Kier molecular flexibility index (Phi) is 4.52. The third kappa shape index (κ3) is 3.24. The summed E-state index contributed by atoms with van der Waals surface area (Å²) in [6.45, 7) is 3.60. The molecule has 0 saturated carbocycles. The molecule has 1 fully saturated rings. The van der Waals surface area contributed by atoms with Crippen LogP contribution < -0.4 is 10.6 Å². The molecule has 1 saturated heterocycles. The molecule has 0 aromatic heterocycles. The van der Waals surface area contributed by atoms with Crippen LogP contribution in [-0.2, 0) is 4.74 Å². The summed E-state index contributed by atoms with van der Waals surface area (Å²) in [6.07, 6.45) is 0.913. The summed E-state index contributed by atoms with van der Waals surface area (Å²) in [5, 5.41) is 17.4. The summed E-state index contributed by atoms with van der Waals surface area (Å²) in [7, 11) is 0. The average molecular weight is 279 g/mol. The summed E-state index contributed by atoms with van der Waals surface area (Å²) in [5.74, 6) is -0.551. The molecular formula is C13H17N3O4. The molecule has 0 bridgehead atoms. The second-order valence-electron chi connectivity index (χ2n) is 4.54. The molecule has 1 aliphatic rings. The monoisotopic (exact) mass is 279 g/mol. The fourth-order valence-corrected chi connectivity index (χ4v) is 2.14. The van der Waals surface area contributed by atoms with E-state index in [1.165, 1.54) is 12.1 Å². The maximum absolute atomic E-state index is 11.6. The molecule has 0 radical (unpaired) electrons. The lowest BCUT2D eigenvalue weighted by Gasteiger charge is -2.13. The Bertz CT molecular complexity index is 512. The van der Waals surface area contributed by atoms with E-state index in [1.54, 1.807) is 13.0 Å². The highest BCUT2D eigenvalue weighted by atomic mass is 16.6. The molecule has 0 amide bonds. The number of nitrogens with one attached hydrogen (secondary N) is 2. The van der Waals surface area contributed by atoms with Gasteiger partial charge in [-0.1, -0.05) is 0 Å². The zero-order valence-corrected chi connectivity index (χ0v) is 11.2. The van der Waals surface area contributed by atoms with Crippen molar-refractivity contribution in [3.63, 3.8) is 0 Å². The van der Waals surface area contributed by atoms with Crippen LogP contribution in [0.2, 0.25) is 0 Å². The number of nitrogens with zero attached hydrogens (tertiary/aromatic N) is 1. The van der Waals surface area contributed by atoms with Crippen molar-refractivity contribution in [2.45, 2.75) is 19.4 Å². The minimum atomic E-state index is -0.551. The van der Waals surface area contributed by atoms with Crippen molar-refractivity contribution >= 4 is 17.3 Å². The highest BCUT2D eigenvalue weighted by molar-refractivity contribution is 5.91. The van der Waals surface area contributed by atoms with Gasteiger partial charge < -0.3 is 15.4 Å². The summed E-state index contributed by atoms with van der Waals surface area (Å²) >= 11 is 0. The third-order valence-corrected chi connectivity index (χ3v) is 3.13. The normalized spacial score (nSPS) is 17.8. The van der Waals surface area contributed by atoms with E-state index in [-0.39, 0.29) is 23.9 Å². The largest absolute Gasteiger partial charge is 0.462 e. The highest BCUT2D eigenvalue weighted by Crippen LogP contribution is 2.27. The van der Waals surface area contributed by atoms with Crippen LogP contribution in [0.15, 0.2) is 18.2 Å². The maximum Gasteiger partial charge on any atom is 0.338 e. The predicted octanol–water partition coefficient (Wildman–Crippen LogP) is 1.55. The lowest BCUT2D eigenvalue weighted by molar-refractivity contribution is -0.384. The molecule has 1 atom stereocenters. The number of benzene rings is 1. The molecule has 2 N–H and O–H groups in total. The standard InChI is InChI=1S/C13H17N3O4/c1-2-20-13(17)9-3-4-11(12(7-9)16(18)19)15-10-5-6-14-8-10/h3-4,7,10,14-15H,2,5-6,8H2,1H3. The first-order chi connectivity index (χ1) is 9.61. The molecule has 0 aliphatic carbocycles. The minimum Gasteiger partial charge on any atom is -0.462 e. The highest BCUT2D eigenvalue weighted by Gasteiger charge is 2.21. The van der Waals surface area contributed by atoms with Gasteiger partial charge in [0, 0.05) is 18.7 Å². The Hall–Kier alpha value is -2.15. The van der Waals surface area contributed by atoms with E-state index in [1.807, 2.05) is 0 Å². The summed E-state index contributed by atoms with van der Waals surface area (Å²) < 4.78 is 4.84. The molecule has 1 heterocycles. The molecule has 1 aromatic carbocycles. The number of hydrogen-bond donors (Lipinski definition) is 2. The van der Waals surface area contributed by atoms with Crippen molar-refractivity contribution < 1.29 is 14.5 Å². The molecule has 7 heteroatoms. The van der Waals surface area contributed by atoms with Crippen molar-refractivity contribution in [3.8, 4) is 0 Å². The summed E-state index contributed by atoms with van der Waals surface area (Å²) in [4.78, 5) is 22.2. The van der Waals surface area contributed by atoms with Crippen LogP contribution in [0.4, 0.5) is 11.4 Å². The van der Waals surface area contributed by atoms with Gasteiger partial charge in [-0.05, 0) is 32.0 Å². The van der Waals surface area contributed by atoms with Crippen molar-refractivity contribution in [1.29, 1.82) is 0 Å². The fourth-order valence-electron chi connectivity index (χ4n) is 2.14. The molecule has 0 spiro atoms. The summed E-state index contributed by atoms with van der Waals surface area (Å²) in [6, 6.07) is 4.52. The molecule has 1 unspecified atom stereocenters. The lowest BCUT2D eigenvalue weighted by atomic mass is 10.1. The topological polar surface area (TPSA) is 93.5 Å². The van der Waals surface area contributed by atoms with E-state index < -0.39 is 10.9 Å². The van der Waals surface area contributed by atoms with Crippen LogP contribution in [0.5, 0.6) is 0 Å². The van der Waals surface area contributed by atoms with Crippen LogP contribution >= 0.6 is 0 Å². The number of ether oxygens (including phenoxy) is 1. The Morgan fingerprint density at radius 2 is 2.40 bits per heavy atom. The Labute approximate surface area is 116 Å². The van der Waals surface area contributed by atoms with E-state index in [4.69, 9.17) is 4.74 Å². The molecular weight excluding hydrogens is 262 g/mol. The Morgan fingerprint density at radius 1 is 1.60 bits per heavy atom. The van der Waals surface area contributed by atoms with Gasteiger partial charge in [-0.25, -0.2) is 4.79 Å². The van der Waals surface area contributed by atoms with Gasteiger partial charge in [-0.15, -0.1) is 0 Å². The van der Waals surface area contributed by atoms with Gasteiger partial charge in [0.1, 0.15) is 5.69 Å². The van der Waals surface area contributed by atoms with Crippen LogP contribution in [0.25, 0.3) is 0 Å². The second kappa shape index (κ2) is 6.33. The molecule has 1 aliphatic heterocycles. The number of rotatable bonds is 5. The van der Waals surface area contributed by atoms with E-state index in [0.717, 1.165) is 19.5 Å². The van der Waals surface area contributed by atoms with Gasteiger partial charge in [0.2, 0.25) is 0 Å². The predicted molar refractivity (Wildman–Crippen MR) is 74.0 cm³/mol. The average Bonchev–Trinajstić information content (AvgIpc) is 2.92. The molecule has 7 nitrogen and oxygen atoms in total. The summed E-state index contributed by atoms with van der Waals surface area (Å²) in [5.41, 5.74) is 0.507. The number of carbonyl (C=O) groups excluding carboxylic acids is 1. The Balaban J connectivity index is 2.23. The van der Waals surface area contributed by atoms with Crippen LogP contribution in [-0.4, -0.2) is 36.6 Å². The first-order valence-corrected chi connectivity index (χ1v) is 6.54. The van der Waals surface area contributed by atoms with Gasteiger partial charge in [0.15, 0.2) is 0 Å². The second-order valence-corrected chi connectivity index (χ2v) is 4.54. The van der Waals surface area contributed by atoms with Crippen LogP contribution in [0.3, 0.4) is 0 Å². The van der Waals surface area contributed by atoms with Gasteiger partial charge in [0.25, 0.3) is 5.69 Å². The number of hydrogen-bond acceptors (Lipinski definition) is 6. The quantitative estimate of drug-likeness (QED) is 0.482. The number of carbonyl (C=O) groups is 1. The zero-order valence-electron chi connectivity index (χ0n) is 11.2. The molecule has 1 aromatic rings. The first-order valence-electron chi connectivity index (χ1n) is 6.54. The van der Waals surface area contributed by atoms with Crippen LogP contribution in [0, 0.1) is 10.1 Å². The lowest BCUT2D eigenvalue weighted by Crippen LogP contribution is -2.22. The van der Waals surface area contributed by atoms with Crippen molar-refractivity contribution in [2.24, 2.45) is 0 Å². The van der Waals surface area contributed by atoms with Gasteiger partial charge in [0.05, 0.1) is 17.1 Å². The van der Waals surface area contributed by atoms with E-state index in [2.05, 4.69) is 10.6 Å². The molecule has 20 heavy (non-hydrogen) atoms. The minimum absolute atomic E-state index is 0.109. The van der Waals surface area contributed by atoms with E-state index in [0.29, 0.717) is 5.69 Å². The maximum atomic E-state index is 11.6. The number of nitro benzene ring substituents is 1. The van der Waals surface area contributed by atoms with Crippen molar-refractivity contribution in [2.75, 3.05) is 25.0 Å². The first kappa shape index (κ1) is 14.3. The van der Waals surface area contributed by atoms with Gasteiger partial charge in [-0.3, -0.25) is 10.1 Å². The molecule has 108 valence electrons. The van der Waals surface area contributed by atoms with Crippen molar-refractivity contribution in [1.82, 2.24) is 5.32 Å². The van der Waals surface area contributed by atoms with E-state index in [9.17, 15) is 14.9 Å². The smallest absolute Gasteiger partial charge is 0.338 e. The zero-order chi connectivity index (χ0) is 14.5. The molecule has 2 rings (SSSR count). The van der Waals surface area contributed by atoms with Gasteiger partial charge >= 0.3 is 5.97 Å².